The maximum Gasteiger partial charge on any atom is 0.407 e. The summed E-state index contributed by atoms with van der Waals surface area (Å²) < 4.78 is 6.87. The van der Waals surface area contributed by atoms with Crippen molar-refractivity contribution in [1.82, 2.24) is 30.1 Å². The summed E-state index contributed by atoms with van der Waals surface area (Å²) in [6, 6.07) is 7.49. The number of hydrogen-bond donors (Lipinski definition) is 1. The minimum Gasteiger partial charge on any atom is -0.445 e. The molecule has 0 unspecified atom stereocenters. The van der Waals surface area contributed by atoms with E-state index in [4.69, 9.17) is 4.74 Å². The molecule has 0 radical (unpaired) electrons. The number of carbonyl (C=O) groups excluding carboxylic acids is 1. The van der Waals surface area contributed by atoms with Crippen LogP contribution in [0.3, 0.4) is 0 Å². The number of nitrogens with zero attached hydrogens (tertiary/aromatic N) is 6. The second kappa shape index (κ2) is 6.71. The Bertz CT molecular complexity index is 867. The molecule has 1 aliphatic rings. The highest BCUT2D eigenvalue weighted by Gasteiger charge is 2.25. The number of nitrogens with one attached hydrogen (secondary N) is 1. The minimum atomic E-state index is -0.419. The zero-order valence-electron chi connectivity index (χ0n) is 13.4. The molecule has 0 aromatic carbocycles. The fourth-order valence-electron chi connectivity index (χ4n) is 2.81. The number of fused-ring (bicyclic) bond motifs is 1. The van der Waals surface area contributed by atoms with Gasteiger partial charge in [0.15, 0.2) is 5.65 Å². The number of hydrogen-bond acceptors (Lipinski definition) is 7. The summed E-state index contributed by atoms with van der Waals surface area (Å²) in [7, 11) is 0. The van der Waals surface area contributed by atoms with Gasteiger partial charge in [-0.25, -0.2) is 4.79 Å². The van der Waals surface area contributed by atoms with Gasteiger partial charge in [0, 0.05) is 31.0 Å². The van der Waals surface area contributed by atoms with E-state index in [2.05, 4.69) is 30.5 Å². The van der Waals surface area contributed by atoms with Gasteiger partial charge in [-0.05, 0) is 24.6 Å². The topological polar surface area (TPSA) is 97.5 Å². The maximum atomic E-state index is 11.9. The van der Waals surface area contributed by atoms with Crippen molar-refractivity contribution in [2.24, 2.45) is 0 Å². The van der Waals surface area contributed by atoms with E-state index in [-0.39, 0.29) is 12.6 Å². The third-order valence-electron chi connectivity index (χ3n) is 4.07. The van der Waals surface area contributed by atoms with Gasteiger partial charge >= 0.3 is 6.09 Å². The first-order valence-corrected chi connectivity index (χ1v) is 8.02. The van der Waals surface area contributed by atoms with Crippen LogP contribution in [-0.2, 0) is 11.3 Å². The van der Waals surface area contributed by atoms with Crippen LogP contribution in [0.1, 0.15) is 12.0 Å². The van der Waals surface area contributed by atoms with Gasteiger partial charge in [0.1, 0.15) is 18.8 Å². The van der Waals surface area contributed by atoms with Crippen molar-refractivity contribution >= 4 is 17.6 Å². The number of carbonyl (C=O) groups is 1. The Morgan fingerprint density at radius 3 is 3.20 bits per heavy atom. The Morgan fingerprint density at radius 2 is 2.32 bits per heavy atom. The third-order valence-corrected chi connectivity index (χ3v) is 4.07. The zero-order chi connectivity index (χ0) is 17.1. The molecule has 0 saturated carbocycles. The van der Waals surface area contributed by atoms with Crippen LogP contribution in [0, 0.1) is 0 Å². The SMILES string of the molecule is O=C(N[C@@H]1CCN(c2ccc3nncn3n2)C1)OCc1cccnc1. The minimum absolute atomic E-state index is 0.0276. The van der Waals surface area contributed by atoms with E-state index < -0.39 is 6.09 Å². The molecule has 4 rings (SSSR count). The Kier molecular flexibility index (Phi) is 4.11. The number of pyridine rings is 1. The Morgan fingerprint density at radius 1 is 1.36 bits per heavy atom. The molecule has 0 bridgehead atoms. The zero-order valence-corrected chi connectivity index (χ0v) is 13.4. The summed E-state index contributed by atoms with van der Waals surface area (Å²) in [5.41, 5.74) is 1.56. The van der Waals surface area contributed by atoms with Crippen LogP contribution in [0.15, 0.2) is 43.0 Å². The molecule has 1 aliphatic heterocycles. The van der Waals surface area contributed by atoms with Crippen LogP contribution in [0.4, 0.5) is 10.6 Å². The van der Waals surface area contributed by atoms with Crippen molar-refractivity contribution in [3.63, 3.8) is 0 Å². The van der Waals surface area contributed by atoms with Crippen LogP contribution in [-0.4, -0.2) is 50.0 Å². The van der Waals surface area contributed by atoms with Crippen LogP contribution < -0.4 is 10.2 Å². The molecule has 3 aromatic heterocycles. The first-order chi connectivity index (χ1) is 12.3. The van der Waals surface area contributed by atoms with Crippen molar-refractivity contribution in [3.8, 4) is 0 Å². The van der Waals surface area contributed by atoms with Crippen molar-refractivity contribution in [2.75, 3.05) is 18.0 Å². The molecule has 9 nitrogen and oxygen atoms in total. The molecule has 1 amide bonds. The Hall–Kier alpha value is -3.23. The summed E-state index contributed by atoms with van der Waals surface area (Å²) in [5, 5.41) is 15.1. The number of anilines is 1. The summed E-state index contributed by atoms with van der Waals surface area (Å²) in [6.07, 6.45) is 5.35. The van der Waals surface area contributed by atoms with E-state index in [1.165, 1.54) is 0 Å². The average Bonchev–Trinajstić information content (AvgIpc) is 3.29. The maximum absolute atomic E-state index is 11.9. The number of aromatic nitrogens is 5. The highest BCUT2D eigenvalue weighted by atomic mass is 16.5. The van der Waals surface area contributed by atoms with Crippen LogP contribution >= 0.6 is 0 Å². The Labute approximate surface area is 143 Å². The summed E-state index contributed by atoms with van der Waals surface area (Å²) >= 11 is 0. The van der Waals surface area contributed by atoms with Crippen molar-refractivity contribution in [2.45, 2.75) is 19.1 Å². The molecule has 3 aromatic rings. The van der Waals surface area contributed by atoms with Crippen LogP contribution in [0.2, 0.25) is 0 Å². The molecule has 1 saturated heterocycles. The smallest absolute Gasteiger partial charge is 0.407 e. The number of alkyl carbamates (subject to hydrolysis) is 1. The van der Waals surface area contributed by atoms with E-state index in [0.29, 0.717) is 12.2 Å². The van der Waals surface area contributed by atoms with Crippen molar-refractivity contribution in [1.29, 1.82) is 0 Å². The van der Waals surface area contributed by atoms with Crippen molar-refractivity contribution in [3.05, 3.63) is 48.5 Å². The Balaban J connectivity index is 1.30. The molecule has 4 heterocycles. The van der Waals surface area contributed by atoms with Crippen molar-refractivity contribution < 1.29 is 9.53 Å². The molecular formula is C16H17N7O2. The lowest BCUT2D eigenvalue weighted by Gasteiger charge is -2.17. The van der Waals surface area contributed by atoms with Gasteiger partial charge in [0.2, 0.25) is 0 Å². The molecule has 0 spiro atoms. The predicted octanol–water partition coefficient (Wildman–Crippen LogP) is 1.02. The third kappa shape index (κ3) is 3.49. The molecule has 1 atom stereocenters. The quantitative estimate of drug-likeness (QED) is 0.758. The van der Waals surface area contributed by atoms with Gasteiger partial charge in [-0.1, -0.05) is 6.07 Å². The first kappa shape index (κ1) is 15.3. The lowest BCUT2D eigenvalue weighted by molar-refractivity contribution is 0.136. The molecule has 9 heteroatoms. The number of amides is 1. The summed E-state index contributed by atoms with van der Waals surface area (Å²) in [5.74, 6) is 0.834. The molecule has 1 N–H and O–H groups in total. The fraction of sp³-hybridized carbons (Fsp3) is 0.312. The standard InChI is InChI=1S/C16H17N7O2/c24-16(25-10-12-2-1-6-17-8-12)19-13-5-7-22(9-13)15-4-3-14-20-18-11-23(14)21-15/h1-4,6,8,11,13H,5,7,9-10H2,(H,19,24)/t13-/m1/s1. The van der Waals surface area contributed by atoms with E-state index in [1.54, 1.807) is 23.2 Å². The monoisotopic (exact) mass is 339 g/mol. The predicted molar refractivity (Wildman–Crippen MR) is 89.0 cm³/mol. The van der Waals surface area contributed by atoms with Gasteiger partial charge in [0.05, 0.1) is 6.04 Å². The molecule has 128 valence electrons. The van der Waals surface area contributed by atoms with Crippen LogP contribution in [0.5, 0.6) is 0 Å². The van der Waals surface area contributed by atoms with Gasteiger partial charge < -0.3 is 15.0 Å². The fourth-order valence-corrected chi connectivity index (χ4v) is 2.81. The number of rotatable bonds is 4. The highest BCUT2D eigenvalue weighted by Crippen LogP contribution is 2.18. The number of ether oxygens (including phenoxy) is 1. The lowest BCUT2D eigenvalue weighted by atomic mass is 10.3. The van der Waals surface area contributed by atoms with E-state index in [0.717, 1.165) is 24.3 Å². The summed E-state index contributed by atoms with van der Waals surface area (Å²) in [6.45, 7) is 1.71. The second-order valence-corrected chi connectivity index (χ2v) is 5.84. The van der Waals surface area contributed by atoms with E-state index in [9.17, 15) is 4.79 Å². The van der Waals surface area contributed by atoms with Gasteiger partial charge in [-0.3, -0.25) is 4.98 Å². The van der Waals surface area contributed by atoms with E-state index in [1.807, 2.05) is 24.3 Å². The first-order valence-electron chi connectivity index (χ1n) is 8.02. The lowest BCUT2D eigenvalue weighted by Crippen LogP contribution is -2.37. The second-order valence-electron chi connectivity index (χ2n) is 5.84. The largest absolute Gasteiger partial charge is 0.445 e. The van der Waals surface area contributed by atoms with Gasteiger partial charge in [-0.2, -0.15) is 4.52 Å². The average molecular weight is 339 g/mol. The van der Waals surface area contributed by atoms with Gasteiger partial charge in [0.25, 0.3) is 0 Å². The van der Waals surface area contributed by atoms with Gasteiger partial charge in [-0.15, -0.1) is 15.3 Å². The molecular weight excluding hydrogens is 322 g/mol. The molecule has 25 heavy (non-hydrogen) atoms. The summed E-state index contributed by atoms with van der Waals surface area (Å²) in [4.78, 5) is 18.1. The highest BCUT2D eigenvalue weighted by molar-refractivity contribution is 5.68. The van der Waals surface area contributed by atoms with Crippen LogP contribution in [0.25, 0.3) is 5.65 Å². The molecule has 1 fully saturated rings. The molecule has 0 aliphatic carbocycles. The normalized spacial score (nSPS) is 17.0. The van der Waals surface area contributed by atoms with E-state index >= 15 is 0 Å².